The number of benzene rings is 1. The molecule has 0 N–H and O–H groups in total. The van der Waals surface area contributed by atoms with Crippen molar-refractivity contribution in [3.8, 4) is 17.0 Å². The van der Waals surface area contributed by atoms with Crippen LogP contribution in [0.5, 0.6) is 5.75 Å². The number of esters is 1. The summed E-state index contributed by atoms with van der Waals surface area (Å²) < 4.78 is 43.9. The van der Waals surface area contributed by atoms with E-state index in [2.05, 4.69) is 21.0 Å². The van der Waals surface area contributed by atoms with Gasteiger partial charge < -0.3 is 4.74 Å². The number of aromatic nitrogens is 2. The summed E-state index contributed by atoms with van der Waals surface area (Å²) in [5.74, 6) is -1.40. The molecule has 124 valence electrons. The van der Waals surface area contributed by atoms with Gasteiger partial charge in [-0.1, -0.05) is 11.6 Å². The lowest BCUT2D eigenvalue weighted by atomic mass is 10.1. The molecule has 1 heterocycles. The maximum absolute atomic E-state index is 14.2. The van der Waals surface area contributed by atoms with Crippen LogP contribution in [0, 0.1) is 5.82 Å². The normalized spacial score (nSPS) is 11.6. The van der Waals surface area contributed by atoms with Crippen molar-refractivity contribution in [1.82, 2.24) is 9.78 Å². The Labute approximate surface area is 145 Å². The van der Waals surface area contributed by atoms with Crippen molar-refractivity contribution in [3.63, 3.8) is 0 Å². The Kier molecular flexibility index (Phi) is 4.84. The molecule has 0 aliphatic carbocycles. The molecule has 10 heteroatoms. The third kappa shape index (κ3) is 3.56. The Bertz CT molecular complexity index is 911. The first-order valence-electron chi connectivity index (χ1n) is 6.12. The Morgan fingerprint density at radius 3 is 2.52 bits per heavy atom. The van der Waals surface area contributed by atoms with Gasteiger partial charge in [0.15, 0.2) is 14.9 Å². The van der Waals surface area contributed by atoms with Gasteiger partial charge in [-0.2, -0.15) is 5.10 Å². The first-order valence-corrected chi connectivity index (χ1v) is 9.19. The molecule has 0 saturated heterocycles. The average molecular weight is 426 g/mol. The highest BCUT2D eigenvalue weighted by atomic mass is 79.9. The summed E-state index contributed by atoms with van der Waals surface area (Å²) >= 11 is 8.96. The maximum atomic E-state index is 14.2. The molecule has 0 spiro atoms. The van der Waals surface area contributed by atoms with Crippen LogP contribution in [0.4, 0.5) is 4.39 Å². The summed E-state index contributed by atoms with van der Waals surface area (Å²) in [7, 11) is -2.16. The summed E-state index contributed by atoms with van der Waals surface area (Å²) in [6.45, 7) is 1.18. The lowest BCUT2D eigenvalue weighted by Crippen LogP contribution is -2.05. The van der Waals surface area contributed by atoms with Gasteiger partial charge in [-0.3, -0.25) is 9.48 Å². The Balaban J connectivity index is 2.70. The average Bonchev–Trinajstić information content (AvgIpc) is 2.67. The third-order valence-corrected chi connectivity index (χ3v) is 5.30. The van der Waals surface area contributed by atoms with Crippen LogP contribution in [-0.2, 0) is 21.7 Å². The molecule has 0 saturated carbocycles. The van der Waals surface area contributed by atoms with Crippen LogP contribution in [0.3, 0.4) is 0 Å². The first-order chi connectivity index (χ1) is 10.5. The van der Waals surface area contributed by atoms with E-state index >= 15 is 0 Å². The van der Waals surface area contributed by atoms with Gasteiger partial charge in [0.2, 0.25) is 0 Å². The van der Waals surface area contributed by atoms with Crippen molar-refractivity contribution < 1.29 is 22.3 Å². The van der Waals surface area contributed by atoms with E-state index in [9.17, 15) is 17.6 Å². The largest absolute Gasteiger partial charge is 0.425 e. The number of nitrogens with zero attached hydrogens (tertiary/aromatic N) is 2. The van der Waals surface area contributed by atoms with Gasteiger partial charge in [0.05, 0.1) is 9.50 Å². The van der Waals surface area contributed by atoms with Crippen molar-refractivity contribution in [3.05, 3.63) is 27.4 Å². The minimum absolute atomic E-state index is 0.0472. The second-order valence-corrected chi connectivity index (χ2v) is 7.85. The number of rotatable bonds is 3. The molecule has 0 amide bonds. The number of carbonyl (C=O) groups is 1. The fourth-order valence-electron chi connectivity index (χ4n) is 2.00. The lowest BCUT2D eigenvalue weighted by Gasteiger charge is -2.07. The fourth-order valence-corrected chi connectivity index (χ4v) is 4.56. The number of ether oxygens (including phenoxy) is 1. The van der Waals surface area contributed by atoms with Crippen LogP contribution in [0.2, 0.25) is 5.02 Å². The van der Waals surface area contributed by atoms with E-state index in [1.54, 1.807) is 0 Å². The highest BCUT2D eigenvalue weighted by Crippen LogP contribution is 2.38. The van der Waals surface area contributed by atoms with E-state index in [0.717, 1.165) is 17.0 Å². The van der Waals surface area contributed by atoms with Gasteiger partial charge in [0.25, 0.3) is 0 Å². The molecule has 0 atom stereocenters. The number of carbonyl (C=O) groups excluding carboxylic acids is 1. The first kappa shape index (κ1) is 17.9. The van der Waals surface area contributed by atoms with E-state index in [1.165, 1.54) is 20.0 Å². The van der Waals surface area contributed by atoms with Crippen LogP contribution in [0.25, 0.3) is 11.3 Å². The van der Waals surface area contributed by atoms with Gasteiger partial charge in [-0.15, -0.1) is 0 Å². The van der Waals surface area contributed by atoms with E-state index in [0.29, 0.717) is 0 Å². The molecule has 0 radical (unpaired) electrons. The van der Waals surface area contributed by atoms with Crippen LogP contribution >= 0.6 is 27.5 Å². The second kappa shape index (κ2) is 6.21. The number of hydrogen-bond donors (Lipinski definition) is 0. The third-order valence-electron chi connectivity index (χ3n) is 2.82. The zero-order chi connectivity index (χ0) is 17.5. The Morgan fingerprint density at radius 1 is 1.43 bits per heavy atom. The number of hydrogen-bond acceptors (Lipinski definition) is 5. The number of sulfone groups is 1. The molecular formula is C13H11BrClFN2O4S. The molecule has 0 bridgehead atoms. The van der Waals surface area contributed by atoms with Crippen molar-refractivity contribution >= 4 is 43.3 Å². The quantitative estimate of drug-likeness (QED) is 0.558. The predicted octanol–water partition coefficient (Wildman–Crippen LogP) is 2.97. The number of aryl methyl sites for hydroxylation is 1. The van der Waals surface area contributed by atoms with Crippen LogP contribution in [-0.4, -0.2) is 30.4 Å². The minimum atomic E-state index is -3.58. The highest BCUT2D eigenvalue weighted by molar-refractivity contribution is 9.10. The summed E-state index contributed by atoms with van der Waals surface area (Å²) in [5.41, 5.74) is -0.00137. The second-order valence-electron chi connectivity index (χ2n) is 4.72. The van der Waals surface area contributed by atoms with Crippen LogP contribution in [0.1, 0.15) is 6.92 Å². The summed E-state index contributed by atoms with van der Waals surface area (Å²) in [6.07, 6.45) is 1.01. The SMILES string of the molecule is CC(=O)Oc1cc(-c2nn(C)c(S(C)(=O)=O)c2Br)c(F)cc1Cl. The van der Waals surface area contributed by atoms with Crippen molar-refractivity contribution in [1.29, 1.82) is 0 Å². The molecule has 1 aromatic carbocycles. The van der Waals surface area contributed by atoms with Crippen molar-refractivity contribution in [2.75, 3.05) is 6.26 Å². The van der Waals surface area contributed by atoms with E-state index < -0.39 is 21.6 Å². The molecule has 0 aliphatic heterocycles. The predicted molar refractivity (Wildman–Crippen MR) is 85.7 cm³/mol. The van der Waals surface area contributed by atoms with Gasteiger partial charge in [0, 0.05) is 25.8 Å². The zero-order valence-corrected chi connectivity index (χ0v) is 15.4. The maximum Gasteiger partial charge on any atom is 0.308 e. The minimum Gasteiger partial charge on any atom is -0.425 e. The molecule has 0 aliphatic rings. The van der Waals surface area contributed by atoms with Gasteiger partial charge >= 0.3 is 5.97 Å². The molecule has 2 aromatic rings. The van der Waals surface area contributed by atoms with Crippen molar-refractivity contribution in [2.24, 2.45) is 7.05 Å². The van der Waals surface area contributed by atoms with Gasteiger partial charge in [-0.05, 0) is 28.1 Å². The lowest BCUT2D eigenvalue weighted by molar-refractivity contribution is -0.131. The summed E-state index contributed by atoms with van der Waals surface area (Å²) in [5, 5.41) is 3.84. The Morgan fingerprint density at radius 2 is 2.04 bits per heavy atom. The molecule has 6 nitrogen and oxygen atoms in total. The molecule has 0 fully saturated rings. The Hall–Kier alpha value is -1.45. The topological polar surface area (TPSA) is 78.3 Å². The summed E-state index contributed by atoms with van der Waals surface area (Å²) in [6, 6.07) is 2.16. The molecule has 0 unspecified atom stereocenters. The van der Waals surface area contributed by atoms with Crippen molar-refractivity contribution in [2.45, 2.75) is 11.9 Å². The zero-order valence-electron chi connectivity index (χ0n) is 12.2. The van der Waals surface area contributed by atoms with Crippen LogP contribution in [0.15, 0.2) is 21.6 Å². The van der Waals surface area contributed by atoms with E-state index in [-0.39, 0.29) is 31.5 Å². The van der Waals surface area contributed by atoms with Crippen LogP contribution < -0.4 is 4.74 Å². The van der Waals surface area contributed by atoms with E-state index in [1.807, 2.05) is 0 Å². The van der Waals surface area contributed by atoms with E-state index in [4.69, 9.17) is 16.3 Å². The van der Waals surface area contributed by atoms with Gasteiger partial charge in [-0.25, -0.2) is 12.8 Å². The smallest absolute Gasteiger partial charge is 0.308 e. The molecule has 2 rings (SSSR count). The molecule has 1 aromatic heterocycles. The standard InChI is InChI=1S/C13H11BrClFN2O4S/c1-6(19)22-10-4-7(9(16)5-8(10)15)12-11(14)13(18(2)17-12)23(3,20)21/h4-5H,1-3H3. The summed E-state index contributed by atoms with van der Waals surface area (Å²) in [4.78, 5) is 11.1. The fraction of sp³-hybridized carbons (Fsp3) is 0.231. The number of halogens is 3. The highest BCUT2D eigenvalue weighted by Gasteiger charge is 2.25. The van der Waals surface area contributed by atoms with Gasteiger partial charge in [0.1, 0.15) is 17.3 Å². The molecular weight excluding hydrogens is 415 g/mol. The monoisotopic (exact) mass is 424 g/mol. The molecule has 23 heavy (non-hydrogen) atoms.